The van der Waals surface area contributed by atoms with Gasteiger partial charge >= 0.3 is 0 Å². The fraction of sp³-hybridized carbons (Fsp3) is 0.222. The summed E-state index contributed by atoms with van der Waals surface area (Å²) in [7, 11) is 0. The molecule has 1 aromatic carbocycles. The Morgan fingerprint density at radius 3 is 2.57 bits per heavy atom. The normalized spacial score (nSPS) is 11.0. The molecule has 118 valence electrons. The number of hydrogen-bond donors (Lipinski definition) is 1. The van der Waals surface area contributed by atoms with Crippen LogP contribution in [0, 0.1) is 13.8 Å². The molecule has 0 spiro atoms. The van der Waals surface area contributed by atoms with Crippen molar-refractivity contribution in [3.8, 4) is 0 Å². The lowest BCUT2D eigenvalue weighted by Gasteiger charge is -2.12. The second-order valence-electron chi connectivity index (χ2n) is 5.56. The third kappa shape index (κ3) is 2.88. The minimum Gasteiger partial charge on any atom is -0.320 e. The Kier molecular flexibility index (Phi) is 4.22. The number of amides is 1. The number of rotatable bonds is 3. The first kappa shape index (κ1) is 15.7. The fourth-order valence-electron chi connectivity index (χ4n) is 2.74. The molecule has 0 bridgehead atoms. The molecule has 0 aliphatic heterocycles. The molecule has 1 N–H and O–H groups in total. The van der Waals surface area contributed by atoms with E-state index in [0.717, 1.165) is 32.6 Å². The van der Waals surface area contributed by atoms with Crippen LogP contribution < -0.4 is 5.32 Å². The topological polar surface area (TPSA) is 46.4 Å². The lowest BCUT2D eigenvalue weighted by Crippen LogP contribution is -2.17. The van der Waals surface area contributed by atoms with E-state index in [1.54, 1.807) is 0 Å². The van der Waals surface area contributed by atoms with Crippen LogP contribution in [-0.4, -0.2) is 15.3 Å². The fourth-order valence-corrected chi connectivity index (χ4v) is 3.08. The molecule has 3 rings (SSSR count). The van der Waals surface area contributed by atoms with E-state index >= 15 is 0 Å². The first-order valence-electron chi connectivity index (χ1n) is 7.55. The van der Waals surface area contributed by atoms with Crippen molar-refractivity contribution in [2.45, 2.75) is 27.2 Å². The second-order valence-corrected chi connectivity index (χ2v) is 6.47. The van der Waals surface area contributed by atoms with E-state index in [0.29, 0.717) is 12.1 Å². The van der Waals surface area contributed by atoms with Crippen LogP contribution in [0.2, 0.25) is 0 Å². The average molecular weight is 372 g/mol. The van der Waals surface area contributed by atoms with Gasteiger partial charge in [0.2, 0.25) is 0 Å². The van der Waals surface area contributed by atoms with Gasteiger partial charge < -0.3 is 5.32 Å². The van der Waals surface area contributed by atoms with Crippen molar-refractivity contribution >= 4 is 33.2 Å². The zero-order chi connectivity index (χ0) is 16.6. The quantitative estimate of drug-likeness (QED) is 0.734. The van der Waals surface area contributed by atoms with Gasteiger partial charge in [0.15, 0.2) is 0 Å². The highest BCUT2D eigenvalue weighted by molar-refractivity contribution is 9.10. The van der Waals surface area contributed by atoms with E-state index in [4.69, 9.17) is 0 Å². The minimum atomic E-state index is -0.134. The van der Waals surface area contributed by atoms with E-state index in [1.165, 1.54) is 0 Å². The molecule has 0 saturated heterocycles. The van der Waals surface area contributed by atoms with Crippen molar-refractivity contribution in [2.24, 2.45) is 0 Å². The molecule has 2 aromatic heterocycles. The van der Waals surface area contributed by atoms with Crippen molar-refractivity contribution in [3.05, 3.63) is 63.5 Å². The van der Waals surface area contributed by atoms with Crippen LogP contribution in [0.4, 0.5) is 5.69 Å². The SMILES string of the molecule is CCc1nc2ccc(Br)cn2c1C(=O)Nc1c(C)cccc1C. The van der Waals surface area contributed by atoms with Gasteiger partial charge in [0, 0.05) is 16.4 Å². The van der Waals surface area contributed by atoms with Gasteiger partial charge in [0.05, 0.1) is 5.69 Å². The highest BCUT2D eigenvalue weighted by Gasteiger charge is 2.19. The maximum atomic E-state index is 12.9. The summed E-state index contributed by atoms with van der Waals surface area (Å²) in [6.07, 6.45) is 2.58. The zero-order valence-electron chi connectivity index (χ0n) is 13.4. The molecule has 0 aliphatic rings. The van der Waals surface area contributed by atoms with Crippen molar-refractivity contribution in [1.82, 2.24) is 9.38 Å². The first-order valence-corrected chi connectivity index (χ1v) is 8.34. The summed E-state index contributed by atoms with van der Waals surface area (Å²) < 4.78 is 2.75. The number of hydrogen-bond acceptors (Lipinski definition) is 2. The Balaban J connectivity index is 2.09. The van der Waals surface area contributed by atoms with Crippen molar-refractivity contribution in [1.29, 1.82) is 0 Å². The molecule has 0 unspecified atom stereocenters. The summed E-state index contributed by atoms with van der Waals surface area (Å²) in [6, 6.07) is 9.81. The Bertz CT molecular complexity index is 878. The molecule has 0 atom stereocenters. The van der Waals surface area contributed by atoms with Crippen LogP contribution >= 0.6 is 15.9 Å². The van der Waals surface area contributed by atoms with E-state index in [2.05, 4.69) is 26.2 Å². The van der Waals surface area contributed by atoms with Crippen molar-refractivity contribution < 1.29 is 4.79 Å². The van der Waals surface area contributed by atoms with Crippen LogP contribution in [0.1, 0.15) is 34.2 Å². The molecule has 5 heteroatoms. The maximum absolute atomic E-state index is 12.9. The van der Waals surface area contributed by atoms with Gasteiger partial charge in [0.25, 0.3) is 5.91 Å². The van der Waals surface area contributed by atoms with E-state index in [1.807, 2.05) is 61.7 Å². The number of nitrogens with one attached hydrogen (secondary N) is 1. The molecule has 0 saturated carbocycles. The summed E-state index contributed by atoms with van der Waals surface area (Å²) in [6.45, 7) is 6.00. The molecule has 0 radical (unpaired) electrons. The molecule has 0 fully saturated rings. The summed E-state index contributed by atoms with van der Waals surface area (Å²) in [5, 5.41) is 3.05. The zero-order valence-corrected chi connectivity index (χ0v) is 14.9. The van der Waals surface area contributed by atoms with Gasteiger partial charge in [-0.2, -0.15) is 0 Å². The van der Waals surface area contributed by atoms with Gasteiger partial charge in [-0.25, -0.2) is 4.98 Å². The van der Waals surface area contributed by atoms with E-state index < -0.39 is 0 Å². The smallest absolute Gasteiger partial charge is 0.274 e. The third-order valence-corrected chi connectivity index (χ3v) is 4.39. The van der Waals surface area contributed by atoms with Crippen LogP contribution in [0.5, 0.6) is 0 Å². The van der Waals surface area contributed by atoms with Crippen molar-refractivity contribution in [2.75, 3.05) is 5.32 Å². The first-order chi connectivity index (χ1) is 11.0. The van der Waals surface area contributed by atoms with Crippen LogP contribution in [0.3, 0.4) is 0 Å². The molecule has 3 aromatic rings. The van der Waals surface area contributed by atoms with E-state index in [9.17, 15) is 4.79 Å². The second kappa shape index (κ2) is 6.16. The molecule has 2 heterocycles. The highest BCUT2D eigenvalue weighted by Crippen LogP contribution is 2.23. The van der Waals surface area contributed by atoms with Gasteiger partial charge in [-0.3, -0.25) is 9.20 Å². The number of benzene rings is 1. The Morgan fingerprint density at radius 1 is 1.22 bits per heavy atom. The molecular weight excluding hydrogens is 354 g/mol. The molecule has 23 heavy (non-hydrogen) atoms. The van der Waals surface area contributed by atoms with E-state index in [-0.39, 0.29) is 5.91 Å². The summed E-state index contributed by atoms with van der Waals surface area (Å²) in [5.74, 6) is -0.134. The number of halogens is 1. The Morgan fingerprint density at radius 2 is 1.91 bits per heavy atom. The van der Waals surface area contributed by atoms with Gasteiger partial charge in [-0.1, -0.05) is 25.1 Å². The predicted octanol–water partition coefficient (Wildman–Crippen LogP) is 4.53. The van der Waals surface area contributed by atoms with Crippen LogP contribution in [0.15, 0.2) is 41.0 Å². The number of anilines is 1. The number of aromatic nitrogens is 2. The maximum Gasteiger partial charge on any atom is 0.274 e. The lowest BCUT2D eigenvalue weighted by molar-refractivity contribution is 0.102. The summed E-state index contributed by atoms with van der Waals surface area (Å²) in [5.41, 5.74) is 5.12. The average Bonchev–Trinajstić information content (AvgIpc) is 2.88. The van der Waals surface area contributed by atoms with Crippen molar-refractivity contribution in [3.63, 3.8) is 0 Å². The number of nitrogens with zero attached hydrogens (tertiary/aromatic N) is 2. The largest absolute Gasteiger partial charge is 0.320 e. The Labute approximate surface area is 143 Å². The monoisotopic (exact) mass is 371 g/mol. The number of carbonyl (C=O) groups excluding carboxylic acids is 1. The highest BCUT2D eigenvalue weighted by atomic mass is 79.9. The number of imidazole rings is 1. The molecule has 4 nitrogen and oxygen atoms in total. The van der Waals surface area contributed by atoms with Gasteiger partial charge in [0.1, 0.15) is 11.3 Å². The number of fused-ring (bicyclic) bond motifs is 1. The van der Waals surface area contributed by atoms with Gasteiger partial charge in [-0.15, -0.1) is 0 Å². The Hall–Kier alpha value is -2.14. The predicted molar refractivity (Wildman–Crippen MR) is 96.1 cm³/mol. The standard InChI is InChI=1S/C18H18BrN3O/c1-4-14-17(22-10-13(19)8-9-15(22)20-14)18(23)21-16-11(2)6-5-7-12(16)3/h5-10H,4H2,1-3H3,(H,21,23). The number of pyridine rings is 1. The number of aryl methyl sites for hydroxylation is 3. The number of para-hydroxylation sites is 1. The molecular formula is C18H18BrN3O. The van der Waals surface area contributed by atoms with Gasteiger partial charge in [-0.05, 0) is 59.5 Å². The van der Waals surface area contributed by atoms with Crippen LogP contribution in [0.25, 0.3) is 5.65 Å². The third-order valence-electron chi connectivity index (χ3n) is 3.92. The summed E-state index contributed by atoms with van der Waals surface area (Å²) in [4.78, 5) is 17.5. The molecule has 1 amide bonds. The number of carbonyl (C=O) groups is 1. The lowest BCUT2D eigenvalue weighted by atomic mass is 10.1. The summed E-state index contributed by atoms with van der Waals surface area (Å²) >= 11 is 3.46. The molecule has 0 aliphatic carbocycles. The van der Waals surface area contributed by atoms with Crippen LogP contribution in [-0.2, 0) is 6.42 Å². The minimum absolute atomic E-state index is 0.134.